The van der Waals surface area contributed by atoms with Gasteiger partial charge in [-0.2, -0.15) is 0 Å². The number of benzene rings is 2. The summed E-state index contributed by atoms with van der Waals surface area (Å²) in [6, 6.07) is 13.2. The number of nitrogens with one attached hydrogen (secondary N) is 1. The number of nitrogens with two attached hydrogens (primary N) is 1. The fraction of sp³-hybridized carbons (Fsp3) is 0.391. The molecule has 2 aromatic carbocycles. The van der Waals surface area contributed by atoms with Gasteiger partial charge in [-0.3, -0.25) is 9.79 Å². The molecule has 31 heavy (non-hydrogen) atoms. The molecule has 1 spiro atoms. The molecule has 0 fully saturated rings. The van der Waals surface area contributed by atoms with E-state index in [2.05, 4.69) is 27.3 Å². The zero-order valence-electron chi connectivity index (χ0n) is 17.6. The van der Waals surface area contributed by atoms with E-state index < -0.39 is 0 Å². The average molecular weight is 504 g/mol. The van der Waals surface area contributed by atoms with Crippen LogP contribution in [0.5, 0.6) is 11.5 Å². The summed E-state index contributed by atoms with van der Waals surface area (Å²) in [4.78, 5) is 17.4. The number of amides is 1. The lowest BCUT2D eigenvalue weighted by atomic mass is 9.82. The molecular formula is C23H26BrN3O3S. The zero-order valence-corrected chi connectivity index (χ0v) is 20.0. The lowest BCUT2D eigenvalue weighted by Crippen LogP contribution is -2.39. The molecule has 0 saturated heterocycles. The molecule has 2 unspecified atom stereocenters. The molecule has 8 heteroatoms. The maximum atomic E-state index is 12.6. The van der Waals surface area contributed by atoms with Crippen molar-refractivity contribution in [1.29, 1.82) is 0 Å². The minimum atomic E-state index is -0.343. The summed E-state index contributed by atoms with van der Waals surface area (Å²) in [7, 11) is 1.59. The van der Waals surface area contributed by atoms with Crippen LogP contribution < -0.4 is 20.5 Å². The number of hydrogen-bond acceptors (Lipinski definition) is 6. The van der Waals surface area contributed by atoms with Crippen LogP contribution in [-0.4, -0.2) is 36.1 Å². The third kappa shape index (κ3) is 4.85. The second kappa shape index (κ2) is 9.12. The summed E-state index contributed by atoms with van der Waals surface area (Å²) in [5.74, 6) is 2.25. The quantitative estimate of drug-likeness (QED) is 0.607. The summed E-state index contributed by atoms with van der Waals surface area (Å²) < 4.78 is 12.5. The van der Waals surface area contributed by atoms with Crippen LogP contribution in [0.3, 0.4) is 0 Å². The highest BCUT2D eigenvalue weighted by atomic mass is 79.9. The number of nitrogens with zero attached hydrogens (tertiary/aromatic N) is 1. The van der Waals surface area contributed by atoms with Gasteiger partial charge in [-0.15, -0.1) is 0 Å². The first-order valence-corrected chi connectivity index (χ1v) is 12.1. The van der Waals surface area contributed by atoms with Crippen molar-refractivity contribution < 1.29 is 14.3 Å². The van der Waals surface area contributed by atoms with E-state index >= 15 is 0 Å². The SMILES string of the molecule is COc1cccc(C(=O)NC(C)CC[C@H]2CC3(CSC(N)=N3)c3cc(Br)ccc3O2)c1. The number of fused-ring (bicyclic) bond motifs is 2. The van der Waals surface area contributed by atoms with Gasteiger partial charge in [-0.05, 0) is 56.2 Å². The van der Waals surface area contributed by atoms with Crippen molar-refractivity contribution in [2.75, 3.05) is 12.9 Å². The third-order valence-electron chi connectivity index (χ3n) is 5.72. The third-order valence-corrected chi connectivity index (χ3v) is 7.22. The van der Waals surface area contributed by atoms with Gasteiger partial charge in [0.1, 0.15) is 23.1 Å². The van der Waals surface area contributed by atoms with Gasteiger partial charge in [0.25, 0.3) is 5.91 Å². The normalized spacial score (nSPS) is 22.9. The molecule has 2 aliphatic heterocycles. The summed E-state index contributed by atoms with van der Waals surface area (Å²) in [6.45, 7) is 2.02. The Balaban J connectivity index is 1.40. The fourth-order valence-corrected chi connectivity index (χ4v) is 5.45. The van der Waals surface area contributed by atoms with Crippen LogP contribution in [0.15, 0.2) is 51.9 Å². The van der Waals surface area contributed by atoms with E-state index in [4.69, 9.17) is 20.2 Å². The van der Waals surface area contributed by atoms with Gasteiger partial charge in [-0.25, -0.2) is 0 Å². The molecule has 6 nitrogen and oxygen atoms in total. The van der Waals surface area contributed by atoms with Crippen LogP contribution in [0.1, 0.15) is 42.1 Å². The van der Waals surface area contributed by atoms with Gasteiger partial charge in [0.15, 0.2) is 5.17 Å². The highest BCUT2D eigenvalue weighted by Crippen LogP contribution is 2.48. The summed E-state index contributed by atoms with van der Waals surface area (Å²) >= 11 is 5.16. The maximum absolute atomic E-state index is 12.6. The number of aliphatic imine (C=N–C) groups is 1. The van der Waals surface area contributed by atoms with Crippen LogP contribution >= 0.6 is 27.7 Å². The molecule has 1 amide bonds. The molecule has 164 valence electrons. The number of carbonyl (C=O) groups is 1. The van der Waals surface area contributed by atoms with Crippen molar-refractivity contribution in [3.63, 3.8) is 0 Å². The molecule has 0 saturated carbocycles. The summed E-state index contributed by atoms with van der Waals surface area (Å²) in [5.41, 5.74) is 7.37. The topological polar surface area (TPSA) is 85.9 Å². The Morgan fingerprint density at radius 1 is 1.42 bits per heavy atom. The smallest absolute Gasteiger partial charge is 0.251 e. The monoisotopic (exact) mass is 503 g/mol. The highest BCUT2D eigenvalue weighted by Gasteiger charge is 2.45. The number of amidine groups is 1. The van der Waals surface area contributed by atoms with Gasteiger partial charge in [0, 0.05) is 33.8 Å². The standard InChI is InChI=1S/C23H26BrN3O3S/c1-14(26-21(28)15-4-3-5-17(10-15)29-2)6-8-18-12-23(13-31-22(25)27-23)19-11-16(24)7-9-20(19)30-18/h3-5,7,9-11,14,18H,6,8,12-13H2,1-2H3,(H2,25,27)(H,26,28)/t14?,18-,23?/m0/s1. The van der Waals surface area contributed by atoms with Crippen molar-refractivity contribution in [3.05, 3.63) is 58.1 Å². The van der Waals surface area contributed by atoms with Crippen molar-refractivity contribution in [1.82, 2.24) is 5.32 Å². The van der Waals surface area contributed by atoms with Crippen LogP contribution in [0.4, 0.5) is 0 Å². The Bertz CT molecular complexity index is 1020. The first kappa shape index (κ1) is 22.0. The Morgan fingerprint density at radius 2 is 2.26 bits per heavy atom. The average Bonchev–Trinajstić information content (AvgIpc) is 3.13. The molecule has 0 aliphatic carbocycles. The van der Waals surface area contributed by atoms with E-state index in [0.29, 0.717) is 16.5 Å². The molecule has 3 atom stereocenters. The minimum Gasteiger partial charge on any atom is -0.497 e. The number of thioether (sulfide) groups is 1. The Hall–Kier alpha value is -2.19. The Kier molecular flexibility index (Phi) is 6.48. The van der Waals surface area contributed by atoms with Crippen molar-refractivity contribution >= 4 is 38.8 Å². The lowest BCUT2D eigenvalue weighted by Gasteiger charge is -2.38. The molecule has 0 radical (unpaired) electrons. The fourth-order valence-electron chi connectivity index (χ4n) is 4.13. The van der Waals surface area contributed by atoms with E-state index in [1.54, 1.807) is 31.0 Å². The molecule has 2 aliphatic rings. The second-order valence-corrected chi connectivity index (χ2v) is 9.95. The number of hydrogen-bond donors (Lipinski definition) is 2. The highest BCUT2D eigenvalue weighted by molar-refractivity contribution is 9.10. The van der Waals surface area contributed by atoms with E-state index in [9.17, 15) is 4.79 Å². The largest absolute Gasteiger partial charge is 0.497 e. The molecule has 2 heterocycles. The van der Waals surface area contributed by atoms with E-state index in [-0.39, 0.29) is 23.6 Å². The molecule has 2 aromatic rings. The van der Waals surface area contributed by atoms with E-state index in [1.165, 1.54) is 0 Å². The maximum Gasteiger partial charge on any atom is 0.251 e. The van der Waals surface area contributed by atoms with Gasteiger partial charge < -0.3 is 20.5 Å². The van der Waals surface area contributed by atoms with E-state index in [0.717, 1.165) is 40.8 Å². The van der Waals surface area contributed by atoms with Gasteiger partial charge in [0.05, 0.1) is 7.11 Å². The summed E-state index contributed by atoms with van der Waals surface area (Å²) in [6.07, 6.45) is 2.41. The number of carbonyl (C=O) groups excluding carboxylic acids is 1. The van der Waals surface area contributed by atoms with Crippen LogP contribution in [-0.2, 0) is 5.54 Å². The second-order valence-electron chi connectivity index (χ2n) is 8.04. The van der Waals surface area contributed by atoms with Crippen molar-refractivity contribution in [3.8, 4) is 11.5 Å². The van der Waals surface area contributed by atoms with E-state index in [1.807, 2.05) is 31.2 Å². The number of methoxy groups -OCH3 is 1. The number of rotatable bonds is 6. The van der Waals surface area contributed by atoms with Crippen molar-refractivity contribution in [2.24, 2.45) is 10.7 Å². The Morgan fingerprint density at radius 3 is 3.00 bits per heavy atom. The first-order valence-electron chi connectivity index (χ1n) is 10.3. The van der Waals surface area contributed by atoms with Crippen LogP contribution in [0.25, 0.3) is 0 Å². The van der Waals surface area contributed by atoms with Crippen molar-refractivity contribution in [2.45, 2.75) is 43.9 Å². The molecule has 4 rings (SSSR count). The molecular weight excluding hydrogens is 478 g/mol. The molecule has 0 aromatic heterocycles. The first-order chi connectivity index (χ1) is 14.9. The van der Waals surface area contributed by atoms with Crippen LogP contribution in [0, 0.1) is 0 Å². The van der Waals surface area contributed by atoms with Crippen LogP contribution in [0.2, 0.25) is 0 Å². The lowest BCUT2D eigenvalue weighted by molar-refractivity contribution is 0.0922. The minimum absolute atomic E-state index is 0.0103. The summed E-state index contributed by atoms with van der Waals surface area (Å²) in [5, 5.41) is 3.70. The van der Waals surface area contributed by atoms with Gasteiger partial charge in [-0.1, -0.05) is 33.8 Å². The number of halogens is 1. The van der Waals surface area contributed by atoms with Gasteiger partial charge >= 0.3 is 0 Å². The molecule has 3 N–H and O–H groups in total. The van der Waals surface area contributed by atoms with Gasteiger partial charge in [0.2, 0.25) is 0 Å². The predicted octanol–water partition coefficient (Wildman–Crippen LogP) is 4.46. The Labute approximate surface area is 195 Å². The number of ether oxygens (including phenoxy) is 2. The molecule has 0 bridgehead atoms. The predicted molar refractivity (Wildman–Crippen MR) is 128 cm³/mol. The zero-order chi connectivity index (χ0) is 22.0.